The molecule has 1 fully saturated rings. The van der Waals surface area contributed by atoms with Gasteiger partial charge in [0, 0.05) is 24.8 Å². The van der Waals surface area contributed by atoms with Crippen molar-refractivity contribution >= 4 is 11.5 Å². The summed E-state index contributed by atoms with van der Waals surface area (Å²) in [6, 6.07) is 11.1. The summed E-state index contributed by atoms with van der Waals surface area (Å²) in [5, 5.41) is 11.9. The molecule has 0 aliphatic heterocycles. The molecule has 110 valence electrons. The van der Waals surface area contributed by atoms with Gasteiger partial charge in [-0.25, -0.2) is 4.39 Å². The molecule has 0 saturated heterocycles. The van der Waals surface area contributed by atoms with E-state index in [1.165, 1.54) is 25.0 Å². The van der Waals surface area contributed by atoms with Gasteiger partial charge in [-0.15, -0.1) is 5.10 Å². The molecular formula is C16H19FN4. The van der Waals surface area contributed by atoms with Crippen LogP contribution in [0.2, 0.25) is 0 Å². The van der Waals surface area contributed by atoms with Crippen LogP contribution in [-0.4, -0.2) is 22.8 Å². The fourth-order valence-electron chi connectivity index (χ4n) is 2.25. The van der Waals surface area contributed by atoms with E-state index in [-0.39, 0.29) is 5.82 Å². The van der Waals surface area contributed by atoms with Gasteiger partial charge in [-0.2, -0.15) is 5.10 Å². The van der Waals surface area contributed by atoms with Crippen LogP contribution in [0.3, 0.4) is 0 Å². The maximum absolute atomic E-state index is 13.4. The van der Waals surface area contributed by atoms with Crippen LogP contribution in [0.1, 0.15) is 25.5 Å². The number of hydrogen-bond acceptors (Lipinski definition) is 4. The topological polar surface area (TPSA) is 41.0 Å². The van der Waals surface area contributed by atoms with Crippen molar-refractivity contribution in [2.75, 3.05) is 11.4 Å². The van der Waals surface area contributed by atoms with Gasteiger partial charge in [-0.3, -0.25) is 0 Å². The largest absolute Gasteiger partial charge is 0.325 e. The van der Waals surface area contributed by atoms with Gasteiger partial charge in [0.1, 0.15) is 5.82 Å². The molecule has 4 nitrogen and oxygen atoms in total. The SMILES string of the molecule is CCN(c1cccc(F)c1)c1ccc(CNC2CC2)nn1. The zero-order chi connectivity index (χ0) is 14.7. The van der Waals surface area contributed by atoms with E-state index in [0.717, 1.165) is 23.7 Å². The molecule has 3 rings (SSSR count). The van der Waals surface area contributed by atoms with Crippen molar-refractivity contribution < 1.29 is 4.39 Å². The van der Waals surface area contributed by atoms with Crippen LogP contribution < -0.4 is 10.2 Å². The minimum absolute atomic E-state index is 0.246. The number of aromatic nitrogens is 2. The van der Waals surface area contributed by atoms with E-state index in [4.69, 9.17) is 0 Å². The highest BCUT2D eigenvalue weighted by Crippen LogP contribution is 2.23. The molecule has 5 heteroatoms. The molecule has 1 aromatic heterocycles. The molecule has 0 amide bonds. The molecule has 0 unspecified atom stereocenters. The van der Waals surface area contributed by atoms with Crippen LogP contribution >= 0.6 is 0 Å². The number of nitrogens with one attached hydrogen (secondary N) is 1. The van der Waals surface area contributed by atoms with E-state index >= 15 is 0 Å². The van der Waals surface area contributed by atoms with Crippen molar-refractivity contribution in [3.05, 3.63) is 47.9 Å². The van der Waals surface area contributed by atoms with Gasteiger partial charge in [0.15, 0.2) is 5.82 Å². The molecular weight excluding hydrogens is 267 g/mol. The summed E-state index contributed by atoms with van der Waals surface area (Å²) in [6.07, 6.45) is 2.52. The highest BCUT2D eigenvalue weighted by Gasteiger charge is 2.20. The molecule has 1 N–H and O–H groups in total. The molecule has 21 heavy (non-hydrogen) atoms. The zero-order valence-electron chi connectivity index (χ0n) is 12.1. The Morgan fingerprint density at radius 2 is 2.10 bits per heavy atom. The Bertz CT molecular complexity index is 595. The number of anilines is 2. The fraction of sp³-hybridized carbons (Fsp3) is 0.375. The molecule has 1 aliphatic carbocycles. The van der Waals surface area contributed by atoms with Crippen LogP contribution in [0, 0.1) is 5.82 Å². The van der Waals surface area contributed by atoms with Gasteiger partial charge in [0.25, 0.3) is 0 Å². The third-order valence-electron chi connectivity index (χ3n) is 3.57. The third-order valence-corrected chi connectivity index (χ3v) is 3.57. The van der Waals surface area contributed by atoms with Crippen molar-refractivity contribution in [1.82, 2.24) is 15.5 Å². The maximum atomic E-state index is 13.4. The highest BCUT2D eigenvalue weighted by atomic mass is 19.1. The predicted molar refractivity (Wildman–Crippen MR) is 81.0 cm³/mol. The van der Waals surface area contributed by atoms with E-state index in [2.05, 4.69) is 15.5 Å². The van der Waals surface area contributed by atoms with Crippen molar-refractivity contribution in [3.63, 3.8) is 0 Å². The highest BCUT2D eigenvalue weighted by molar-refractivity contribution is 5.59. The van der Waals surface area contributed by atoms with Crippen LogP contribution in [0.5, 0.6) is 0 Å². The van der Waals surface area contributed by atoms with E-state index < -0.39 is 0 Å². The van der Waals surface area contributed by atoms with Gasteiger partial charge in [-0.1, -0.05) is 6.07 Å². The Balaban J connectivity index is 1.73. The smallest absolute Gasteiger partial charge is 0.155 e. The second kappa shape index (κ2) is 6.18. The summed E-state index contributed by atoms with van der Waals surface area (Å²) in [4.78, 5) is 1.94. The minimum atomic E-state index is -0.246. The second-order valence-corrected chi connectivity index (χ2v) is 5.26. The first-order valence-corrected chi connectivity index (χ1v) is 7.35. The molecule has 0 radical (unpaired) electrons. The lowest BCUT2D eigenvalue weighted by Gasteiger charge is -2.21. The second-order valence-electron chi connectivity index (χ2n) is 5.26. The quantitative estimate of drug-likeness (QED) is 0.886. The summed E-state index contributed by atoms with van der Waals surface area (Å²) < 4.78 is 13.4. The number of halogens is 1. The van der Waals surface area contributed by atoms with Crippen LogP contribution in [0.4, 0.5) is 15.9 Å². The summed E-state index contributed by atoms with van der Waals surface area (Å²) in [7, 11) is 0. The molecule has 1 saturated carbocycles. The monoisotopic (exact) mass is 286 g/mol. The Morgan fingerprint density at radius 1 is 1.24 bits per heavy atom. The van der Waals surface area contributed by atoms with Gasteiger partial charge in [0.05, 0.1) is 5.69 Å². The van der Waals surface area contributed by atoms with E-state index in [9.17, 15) is 4.39 Å². The van der Waals surface area contributed by atoms with Crippen molar-refractivity contribution in [2.24, 2.45) is 0 Å². The number of hydrogen-bond donors (Lipinski definition) is 1. The average Bonchev–Trinajstić information content (AvgIpc) is 3.32. The van der Waals surface area contributed by atoms with Crippen LogP contribution in [0.15, 0.2) is 36.4 Å². The van der Waals surface area contributed by atoms with E-state index in [1.807, 2.05) is 30.0 Å². The van der Waals surface area contributed by atoms with Gasteiger partial charge >= 0.3 is 0 Å². The first kappa shape index (κ1) is 13.9. The van der Waals surface area contributed by atoms with Gasteiger partial charge in [-0.05, 0) is 50.1 Å². The number of nitrogens with zero attached hydrogens (tertiary/aromatic N) is 3. The maximum Gasteiger partial charge on any atom is 0.155 e. The Morgan fingerprint density at radius 3 is 2.71 bits per heavy atom. The predicted octanol–water partition coefficient (Wildman–Crippen LogP) is 3.03. The van der Waals surface area contributed by atoms with E-state index in [1.54, 1.807) is 6.07 Å². The first-order valence-electron chi connectivity index (χ1n) is 7.35. The summed E-state index contributed by atoms with van der Waals surface area (Å²) in [5.41, 5.74) is 1.72. The number of benzene rings is 1. The van der Waals surface area contributed by atoms with Crippen LogP contribution in [0.25, 0.3) is 0 Å². The molecule has 1 aliphatic rings. The third kappa shape index (κ3) is 3.55. The van der Waals surface area contributed by atoms with Crippen LogP contribution in [-0.2, 0) is 6.54 Å². The lowest BCUT2D eigenvalue weighted by molar-refractivity contribution is 0.627. The summed E-state index contributed by atoms with van der Waals surface area (Å²) in [6.45, 7) is 3.47. The number of rotatable bonds is 6. The molecule has 0 bridgehead atoms. The van der Waals surface area contributed by atoms with Crippen molar-refractivity contribution in [3.8, 4) is 0 Å². The van der Waals surface area contributed by atoms with Crippen molar-refractivity contribution in [2.45, 2.75) is 32.4 Å². The first-order chi connectivity index (χ1) is 10.3. The minimum Gasteiger partial charge on any atom is -0.325 e. The van der Waals surface area contributed by atoms with Gasteiger partial charge in [0.2, 0.25) is 0 Å². The molecule has 0 atom stereocenters. The Kier molecular flexibility index (Phi) is 4.10. The molecule has 1 aromatic carbocycles. The Hall–Kier alpha value is -2.01. The standard InChI is InChI=1S/C16H19FN4/c1-2-21(15-5-3-4-12(17)10-15)16-9-8-14(19-20-16)11-18-13-6-7-13/h3-5,8-10,13,18H,2,6-7,11H2,1H3. The van der Waals surface area contributed by atoms with E-state index in [0.29, 0.717) is 12.6 Å². The molecule has 0 spiro atoms. The summed E-state index contributed by atoms with van der Waals surface area (Å²) >= 11 is 0. The molecule has 1 heterocycles. The Labute approximate surface area is 124 Å². The lowest BCUT2D eigenvalue weighted by atomic mass is 10.2. The molecule has 2 aromatic rings. The fourth-order valence-corrected chi connectivity index (χ4v) is 2.25. The zero-order valence-corrected chi connectivity index (χ0v) is 12.1. The lowest BCUT2D eigenvalue weighted by Crippen LogP contribution is -2.20. The summed E-state index contributed by atoms with van der Waals surface area (Å²) in [5.74, 6) is 0.488. The average molecular weight is 286 g/mol. The normalized spacial score (nSPS) is 14.2. The van der Waals surface area contributed by atoms with Crippen molar-refractivity contribution in [1.29, 1.82) is 0 Å². The van der Waals surface area contributed by atoms with Gasteiger partial charge < -0.3 is 10.2 Å².